The molecule has 0 aliphatic heterocycles. The second-order valence-electron chi connectivity index (χ2n) is 6.57. The second kappa shape index (κ2) is 12.5. The Bertz CT molecular complexity index is 527. The fourth-order valence-corrected chi connectivity index (χ4v) is 3.31. The van der Waals surface area contributed by atoms with Gasteiger partial charge in [-0.25, -0.2) is 0 Å². The van der Waals surface area contributed by atoms with Crippen molar-refractivity contribution in [1.82, 2.24) is 0 Å². The van der Waals surface area contributed by atoms with Gasteiger partial charge in [0.15, 0.2) is 0 Å². The quantitative estimate of drug-likeness (QED) is 0.376. The molecule has 2 aromatic rings. The van der Waals surface area contributed by atoms with Gasteiger partial charge in [0.25, 0.3) is 0 Å². The van der Waals surface area contributed by atoms with Crippen LogP contribution in [-0.4, -0.2) is 0 Å². The van der Waals surface area contributed by atoms with E-state index in [0.717, 1.165) is 0 Å². The van der Waals surface area contributed by atoms with Crippen LogP contribution in [0.5, 0.6) is 0 Å². The number of aryl methyl sites for hydroxylation is 1. The zero-order valence-corrected chi connectivity index (χ0v) is 15.8. The lowest BCUT2D eigenvalue weighted by Crippen LogP contribution is -1.88. The Morgan fingerprint density at radius 1 is 0.609 bits per heavy atom. The molecule has 0 atom stereocenters. The van der Waals surface area contributed by atoms with E-state index >= 15 is 0 Å². The van der Waals surface area contributed by atoms with Crippen molar-refractivity contribution in [2.75, 3.05) is 0 Å². The van der Waals surface area contributed by atoms with E-state index in [4.69, 9.17) is 0 Å². The first kappa shape index (κ1) is 20.1. The molecule has 128 valence electrons. The van der Waals surface area contributed by atoms with Crippen molar-refractivity contribution in [2.45, 2.75) is 77.6 Å². The highest BCUT2D eigenvalue weighted by Gasteiger charge is 2.00. The van der Waals surface area contributed by atoms with Crippen LogP contribution in [0.25, 0.3) is 10.8 Å². The fourth-order valence-electron chi connectivity index (χ4n) is 3.31. The zero-order chi connectivity index (χ0) is 15.5. The van der Waals surface area contributed by atoms with Crippen molar-refractivity contribution >= 4 is 24.3 Å². The van der Waals surface area contributed by atoms with Gasteiger partial charge < -0.3 is 0 Å². The van der Waals surface area contributed by atoms with Gasteiger partial charge in [-0.1, -0.05) is 107 Å². The van der Waals surface area contributed by atoms with Gasteiger partial charge in [0.05, 0.1) is 0 Å². The lowest BCUT2D eigenvalue weighted by Gasteiger charge is -2.06. The molecule has 0 radical (unpaired) electrons. The number of hydrogen-bond donors (Lipinski definition) is 0. The molecule has 0 unspecified atom stereocenters. The Balaban J connectivity index is 0.00000264. The molecule has 0 aliphatic rings. The number of benzene rings is 2. The molecule has 0 aliphatic carbocycles. The van der Waals surface area contributed by atoms with Crippen LogP contribution in [0.15, 0.2) is 42.5 Å². The predicted molar refractivity (Wildman–Crippen MR) is 110 cm³/mol. The minimum Gasteiger partial charge on any atom is -0.197 e. The SMILES string of the molecule is CCCCCCCCCCCCc1cccc2ccccc12.S. The summed E-state index contributed by atoms with van der Waals surface area (Å²) in [5.41, 5.74) is 1.53. The van der Waals surface area contributed by atoms with E-state index in [2.05, 4.69) is 49.4 Å². The van der Waals surface area contributed by atoms with Gasteiger partial charge in [0.1, 0.15) is 0 Å². The largest absolute Gasteiger partial charge is 0.197 e. The Labute approximate surface area is 150 Å². The van der Waals surface area contributed by atoms with Crippen LogP contribution in [0.1, 0.15) is 76.7 Å². The summed E-state index contributed by atoms with van der Waals surface area (Å²) < 4.78 is 0. The molecule has 0 aromatic heterocycles. The van der Waals surface area contributed by atoms with Crippen LogP contribution in [0.3, 0.4) is 0 Å². The van der Waals surface area contributed by atoms with Gasteiger partial charge in [-0.3, -0.25) is 0 Å². The number of fused-ring (bicyclic) bond motifs is 1. The van der Waals surface area contributed by atoms with E-state index in [9.17, 15) is 0 Å². The smallest absolute Gasteiger partial charge is 0.0152 e. The van der Waals surface area contributed by atoms with Crippen LogP contribution in [0, 0.1) is 0 Å². The standard InChI is InChI=1S/C22H32.H2S/c1-2-3-4-5-6-7-8-9-10-11-15-20-17-14-18-21-16-12-13-19-22(20)21;/h12-14,16-19H,2-11,15H2,1H3;1H2. The molecule has 1 heteroatoms. The summed E-state index contributed by atoms with van der Waals surface area (Å²) in [6.07, 6.45) is 15.4. The number of hydrogen-bond acceptors (Lipinski definition) is 0. The molecule has 0 saturated carbocycles. The highest BCUT2D eigenvalue weighted by atomic mass is 32.1. The van der Waals surface area contributed by atoms with Crippen LogP contribution < -0.4 is 0 Å². The van der Waals surface area contributed by atoms with Crippen molar-refractivity contribution in [1.29, 1.82) is 0 Å². The summed E-state index contributed by atoms with van der Waals surface area (Å²) in [5, 5.41) is 2.83. The van der Waals surface area contributed by atoms with Gasteiger partial charge in [0, 0.05) is 0 Å². The van der Waals surface area contributed by atoms with E-state index in [0.29, 0.717) is 0 Å². The predicted octanol–water partition coefficient (Wildman–Crippen LogP) is 7.42. The van der Waals surface area contributed by atoms with E-state index in [1.54, 1.807) is 0 Å². The highest BCUT2D eigenvalue weighted by molar-refractivity contribution is 7.59. The van der Waals surface area contributed by atoms with E-state index in [-0.39, 0.29) is 13.5 Å². The highest BCUT2D eigenvalue weighted by Crippen LogP contribution is 2.20. The Morgan fingerprint density at radius 2 is 1.17 bits per heavy atom. The third-order valence-electron chi connectivity index (χ3n) is 4.68. The third-order valence-corrected chi connectivity index (χ3v) is 4.68. The molecule has 0 bridgehead atoms. The summed E-state index contributed by atoms with van der Waals surface area (Å²) in [6, 6.07) is 15.5. The zero-order valence-electron chi connectivity index (χ0n) is 14.8. The Kier molecular flexibility index (Phi) is 10.9. The molecule has 0 fully saturated rings. The van der Waals surface area contributed by atoms with Crippen molar-refractivity contribution in [3.63, 3.8) is 0 Å². The van der Waals surface area contributed by atoms with E-state index in [1.165, 1.54) is 87.0 Å². The van der Waals surface area contributed by atoms with E-state index < -0.39 is 0 Å². The number of rotatable bonds is 11. The monoisotopic (exact) mass is 330 g/mol. The topological polar surface area (TPSA) is 0 Å². The molecular formula is C22H34S. The van der Waals surface area contributed by atoms with Crippen molar-refractivity contribution in [2.24, 2.45) is 0 Å². The lowest BCUT2D eigenvalue weighted by atomic mass is 9.99. The second-order valence-corrected chi connectivity index (χ2v) is 6.57. The first-order chi connectivity index (χ1) is 10.9. The van der Waals surface area contributed by atoms with Gasteiger partial charge >= 0.3 is 0 Å². The van der Waals surface area contributed by atoms with Gasteiger partial charge in [0.2, 0.25) is 0 Å². The normalized spacial score (nSPS) is 10.7. The molecule has 2 rings (SSSR count). The van der Waals surface area contributed by atoms with Gasteiger partial charge in [-0.05, 0) is 29.2 Å². The molecule has 0 nitrogen and oxygen atoms in total. The van der Waals surface area contributed by atoms with E-state index in [1.807, 2.05) is 0 Å². The maximum Gasteiger partial charge on any atom is -0.0152 e. The molecule has 0 N–H and O–H groups in total. The average Bonchev–Trinajstić information content (AvgIpc) is 2.56. The summed E-state index contributed by atoms with van der Waals surface area (Å²) in [6.45, 7) is 2.29. The van der Waals surface area contributed by atoms with Crippen LogP contribution in [-0.2, 0) is 6.42 Å². The van der Waals surface area contributed by atoms with Crippen LogP contribution in [0.4, 0.5) is 0 Å². The first-order valence-corrected chi connectivity index (χ1v) is 9.38. The molecule has 0 spiro atoms. The Morgan fingerprint density at radius 3 is 1.87 bits per heavy atom. The van der Waals surface area contributed by atoms with Crippen LogP contribution >= 0.6 is 13.5 Å². The first-order valence-electron chi connectivity index (χ1n) is 9.38. The molecule has 0 saturated heterocycles. The van der Waals surface area contributed by atoms with Gasteiger partial charge in [-0.15, -0.1) is 0 Å². The molecular weight excluding hydrogens is 296 g/mol. The fraction of sp³-hybridized carbons (Fsp3) is 0.545. The summed E-state index contributed by atoms with van der Waals surface area (Å²) >= 11 is 0. The minimum atomic E-state index is 0. The van der Waals surface area contributed by atoms with Crippen molar-refractivity contribution < 1.29 is 0 Å². The van der Waals surface area contributed by atoms with Crippen molar-refractivity contribution in [3.05, 3.63) is 48.0 Å². The van der Waals surface area contributed by atoms with Gasteiger partial charge in [-0.2, -0.15) is 13.5 Å². The summed E-state index contributed by atoms with van der Waals surface area (Å²) in [4.78, 5) is 0. The lowest BCUT2D eigenvalue weighted by molar-refractivity contribution is 0.556. The maximum atomic E-state index is 2.30. The average molecular weight is 331 g/mol. The molecule has 23 heavy (non-hydrogen) atoms. The van der Waals surface area contributed by atoms with Crippen molar-refractivity contribution in [3.8, 4) is 0 Å². The summed E-state index contributed by atoms with van der Waals surface area (Å²) in [5.74, 6) is 0. The summed E-state index contributed by atoms with van der Waals surface area (Å²) in [7, 11) is 0. The minimum absolute atomic E-state index is 0. The molecule has 0 amide bonds. The number of unbranched alkanes of at least 4 members (excludes halogenated alkanes) is 9. The van der Waals surface area contributed by atoms with Crippen LogP contribution in [0.2, 0.25) is 0 Å². The Hall–Kier alpha value is -0.950. The molecule has 0 heterocycles. The molecule has 2 aromatic carbocycles. The third kappa shape index (κ3) is 7.44. The maximum absolute atomic E-state index is 2.30.